The lowest BCUT2D eigenvalue weighted by molar-refractivity contribution is -0.120. The summed E-state index contributed by atoms with van der Waals surface area (Å²) in [6.07, 6.45) is -0.636. The molecule has 2 aromatic rings. The number of carbonyl (C=O) groups is 2. The van der Waals surface area contributed by atoms with Gasteiger partial charge in [-0.3, -0.25) is 14.4 Å². The summed E-state index contributed by atoms with van der Waals surface area (Å²) in [5.74, 6) is -0.206. The van der Waals surface area contributed by atoms with E-state index in [1.807, 2.05) is 0 Å². The quantitative estimate of drug-likeness (QED) is 0.535. The number of sulfonamides is 1. The van der Waals surface area contributed by atoms with Crippen LogP contribution in [0.4, 0.5) is 16.2 Å². The predicted octanol–water partition coefficient (Wildman–Crippen LogP) is 4.45. The van der Waals surface area contributed by atoms with E-state index in [4.69, 9.17) is 9.47 Å². The zero-order valence-electron chi connectivity index (χ0n) is 19.3. The van der Waals surface area contributed by atoms with Crippen LogP contribution >= 0.6 is 15.9 Å². The summed E-state index contributed by atoms with van der Waals surface area (Å²) in [6, 6.07) is 9.83. The first-order chi connectivity index (χ1) is 15.2. The lowest BCUT2D eigenvalue weighted by Gasteiger charge is -2.28. The highest BCUT2D eigenvalue weighted by Gasteiger charge is 2.27. The van der Waals surface area contributed by atoms with Gasteiger partial charge < -0.3 is 14.8 Å². The van der Waals surface area contributed by atoms with Crippen molar-refractivity contribution in [1.29, 1.82) is 0 Å². The Morgan fingerprint density at radius 3 is 2.24 bits per heavy atom. The topological polar surface area (TPSA) is 114 Å². The highest BCUT2D eigenvalue weighted by atomic mass is 79.9. The molecule has 11 heteroatoms. The van der Waals surface area contributed by atoms with Gasteiger partial charge >= 0.3 is 6.09 Å². The molecular formula is C22H28BrN3O6S. The van der Waals surface area contributed by atoms with E-state index in [2.05, 4.69) is 26.0 Å². The number of ether oxygens (including phenoxy) is 2. The number of amides is 2. The molecule has 0 aromatic heterocycles. The molecule has 2 aromatic carbocycles. The minimum absolute atomic E-state index is 0.0646. The van der Waals surface area contributed by atoms with Gasteiger partial charge in [-0.05, 0) is 70.2 Å². The lowest BCUT2D eigenvalue weighted by atomic mass is 10.2. The van der Waals surface area contributed by atoms with Crippen LogP contribution in [0.1, 0.15) is 27.7 Å². The summed E-state index contributed by atoms with van der Waals surface area (Å²) < 4.78 is 39.3. The molecule has 2 amide bonds. The van der Waals surface area contributed by atoms with Gasteiger partial charge in [-0.1, -0.05) is 15.9 Å². The third-order valence-corrected chi connectivity index (χ3v) is 6.39. The third kappa shape index (κ3) is 7.36. The summed E-state index contributed by atoms with van der Waals surface area (Å²) >= 11 is 3.27. The van der Waals surface area contributed by atoms with E-state index in [9.17, 15) is 18.0 Å². The highest BCUT2D eigenvalue weighted by molar-refractivity contribution is 9.10. The smallest absolute Gasteiger partial charge is 0.410 e. The van der Waals surface area contributed by atoms with Crippen molar-refractivity contribution in [2.75, 3.05) is 24.2 Å². The first kappa shape index (κ1) is 26.5. The summed E-state index contributed by atoms with van der Waals surface area (Å²) in [5, 5.41) is 2.68. The van der Waals surface area contributed by atoms with Crippen molar-refractivity contribution in [2.24, 2.45) is 0 Å². The van der Waals surface area contributed by atoms with Crippen LogP contribution in [0, 0.1) is 0 Å². The van der Waals surface area contributed by atoms with Crippen molar-refractivity contribution in [3.63, 3.8) is 0 Å². The molecule has 33 heavy (non-hydrogen) atoms. The predicted molar refractivity (Wildman–Crippen MR) is 130 cm³/mol. The molecule has 9 nitrogen and oxygen atoms in total. The number of methoxy groups -OCH3 is 1. The van der Waals surface area contributed by atoms with Gasteiger partial charge in [0.1, 0.15) is 17.4 Å². The Kier molecular flexibility index (Phi) is 8.36. The number of anilines is 2. The number of rotatable bonds is 7. The van der Waals surface area contributed by atoms with E-state index in [0.29, 0.717) is 5.69 Å². The first-order valence-corrected chi connectivity index (χ1v) is 12.2. The minimum Gasteiger partial charge on any atom is -0.495 e. The van der Waals surface area contributed by atoms with E-state index >= 15 is 0 Å². The molecule has 0 aliphatic rings. The van der Waals surface area contributed by atoms with Crippen LogP contribution in [0.3, 0.4) is 0 Å². The minimum atomic E-state index is -3.90. The Morgan fingerprint density at radius 2 is 1.70 bits per heavy atom. The Hall–Kier alpha value is -2.79. The molecular weight excluding hydrogens is 514 g/mol. The van der Waals surface area contributed by atoms with Gasteiger partial charge in [0.2, 0.25) is 5.91 Å². The Bertz CT molecular complexity index is 1110. The molecule has 180 valence electrons. The number of likely N-dealkylation sites (N-methyl/N-ethyl adjacent to an activating group) is 1. The average Bonchev–Trinajstić information content (AvgIpc) is 2.71. The van der Waals surface area contributed by atoms with E-state index in [1.54, 1.807) is 45.9 Å². The average molecular weight is 542 g/mol. The molecule has 0 aliphatic heterocycles. The van der Waals surface area contributed by atoms with Crippen molar-refractivity contribution in [2.45, 2.75) is 44.2 Å². The fraction of sp³-hybridized carbons (Fsp3) is 0.364. The molecule has 0 aliphatic carbocycles. The summed E-state index contributed by atoms with van der Waals surface area (Å²) in [4.78, 5) is 26.2. The standard InChI is InChI=1S/C22H28BrN3O6S/c1-14(26(5)21(28)32-22(2,3)4)20(27)24-16-9-12-19(31-6)18(13-16)25-33(29,30)17-10-7-15(23)8-11-17/h7-14,25H,1-6H3,(H,24,27)/t14-/m0/s1. The Labute approximate surface area is 202 Å². The van der Waals surface area contributed by atoms with E-state index in [-0.39, 0.29) is 16.3 Å². The summed E-state index contributed by atoms with van der Waals surface area (Å²) in [7, 11) is -1.03. The molecule has 0 saturated heterocycles. The van der Waals surface area contributed by atoms with Crippen LogP contribution in [-0.2, 0) is 19.6 Å². The largest absolute Gasteiger partial charge is 0.495 e. The first-order valence-electron chi connectivity index (χ1n) is 9.96. The second-order valence-corrected chi connectivity index (χ2v) is 10.8. The maximum atomic E-state index is 12.8. The summed E-state index contributed by atoms with van der Waals surface area (Å²) in [6.45, 7) is 6.76. The fourth-order valence-electron chi connectivity index (χ4n) is 2.60. The number of carbonyl (C=O) groups excluding carboxylic acids is 2. The monoisotopic (exact) mass is 541 g/mol. The van der Waals surface area contributed by atoms with Crippen LogP contribution in [-0.4, -0.2) is 51.1 Å². The second-order valence-electron chi connectivity index (χ2n) is 8.23. The molecule has 0 fully saturated rings. The van der Waals surface area contributed by atoms with Gasteiger partial charge in [0.25, 0.3) is 10.0 Å². The molecule has 0 spiro atoms. The van der Waals surface area contributed by atoms with Crippen molar-refractivity contribution < 1.29 is 27.5 Å². The molecule has 2 N–H and O–H groups in total. The molecule has 2 rings (SSSR count). The van der Waals surface area contributed by atoms with Crippen LogP contribution in [0.15, 0.2) is 51.8 Å². The maximum absolute atomic E-state index is 12.8. The number of halogens is 1. The second kappa shape index (κ2) is 10.4. The van der Waals surface area contributed by atoms with Gasteiger partial charge in [0, 0.05) is 17.2 Å². The summed E-state index contributed by atoms with van der Waals surface area (Å²) in [5.41, 5.74) is -0.233. The number of hydrogen-bond donors (Lipinski definition) is 2. The fourth-order valence-corrected chi connectivity index (χ4v) is 3.92. The lowest BCUT2D eigenvalue weighted by Crippen LogP contribution is -2.45. The van der Waals surface area contributed by atoms with Crippen molar-refractivity contribution in [3.8, 4) is 5.75 Å². The number of nitrogens with one attached hydrogen (secondary N) is 2. The normalized spacial score (nSPS) is 12.5. The van der Waals surface area contributed by atoms with E-state index in [0.717, 1.165) is 4.47 Å². The molecule has 1 atom stereocenters. The van der Waals surface area contributed by atoms with E-state index < -0.39 is 33.7 Å². The van der Waals surface area contributed by atoms with Gasteiger partial charge in [0.05, 0.1) is 17.7 Å². The third-order valence-electron chi connectivity index (χ3n) is 4.48. The van der Waals surface area contributed by atoms with Crippen LogP contribution in [0.2, 0.25) is 0 Å². The molecule has 0 unspecified atom stereocenters. The Balaban J connectivity index is 2.20. The number of benzene rings is 2. The van der Waals surface area contributed by atoms with Crippen molar-refractivity contribution in [3.05, 3.63) is 46.9 Å². The van der Waals surface area contributed by atoms with Gasteiger partial charge in [0.15, 0.2) is 0 Å². The number of nitrogens with zero attached hydrogens (tertiary/aromatic N) is 1. The maximum Gasteiger partial charge on any atom is 0.410 e. The van der Waals surface area contributed by atoms with Gasteiger partial charge in [-0.15, -0.1) is 0 Å². The van der Waals surface area contributed by atoms with Crippen LogP contribution < -0.4 is 14.8 Å². The van der Waals surface area contributed by atoms with Crippen LogP contribution in [0.25, 0.3) is 0 Å². The zero-order valence-corrected chi connectivity index (χ0v) is 21.7. The molecule has 0 radical (unpaired) electrons. The number of hydrogen-bond acceptors (Lipinski definition) is 6. The zero-order chi connectivity index (χ0) is 25.0. The van der Waals surface area contributed by atoms with Gasteiger partial charge in [-0.2, -0.15) is 0 Å². The highest BCUT2D eigenvalue weighted by Crippen LogP contribution is 2.30. The van der Waals surface area contributed by atoms with Crippen molar-refractivity contribution in [1.82, 2.24) is 4.90 Å². The van der Waals surface area contributed by atoms with E-state index in [1.165, 1.54) is 43.3 Å². The molecule has 0 bridgehead atoms. The Morgan fingerprint density at radius 1 is 1.09 bits per heavy atom. The molecule has 0 heterocycles. The van der Waals surface area contributed by atoms with Crippen molar-refractivity contribution >= 4 is 49.3 Å². The SMILES string of the molecule is COc1ccc(NC(=O)[C@H](C)N(C)C(=O)OC(C)(C)C)cc1NS(=O)(=O)c1ccc(Br)cc1. The molecule has 0 saturated carbocycles. The van der Waals surface area contributed by atoms with Crippen LogP contribution in [0.5, 0.6) is 5.75 Å². The van der Waals surface area contributed by atoms with Gasteiger partial charge in [-0.25, -0.2) is 13.2 Å².